The maximum absolute atomic E-state index is 4.76. The molecule has 0 saturated heterocycles. The van der Waals surface area contributed by atoms with Crippen LogP contribution >= 0.6 is 9.69 Å². The summed E-state index contributed by atoms with van der Waals surface area (Å²) >= 11 is 0.847. The van der Waals surface area contributed by atoms with Gasteiger partial charge in [-0.1, -0.05) is 20.8 Å². The molecule has 0 atom stereocenters. The third kappa shape index (κ3) is 3.89. The van der Waals surface area contributed by atoms with Crippen LogP contribution in [0.5, 0.6) is 0 Å². The van der Waals surface area contributed by atoms with Crippen LogP contribution < -0.4 is 0 Å². The van der Waals surface area contributed by atoms with Gasteiger partial charge in [0, 0.05) is 0 Å². The Morgan fingerprint density at radius 3 is 2.18 bits per heavy atom. The van der Waals surface area contributed by atoms with Crippen LogP contribution in [0.2, 0.25) is 0 Å². The van der Waals surface area contributed by atoms with Gasteiger partial charge >= 0.3 is 27.0 Å². The Kier molecular flexibility index (Phi) is 5.81. The fraction of sp³-hybridized carbons (Fsp3) is 0.333. The van der Waals surface area contributed by atoms with E-state index in [-0.39, 0.29) is 0 Å². The summed E-state index contributed by atoms with van der Waals surface area (Å²) in [5.74, 6) is 0. The van der Waals surface area contributed by atoms with Crippen molar-refractivity contribution in [3.63, 3.8) is 0 Å². The molecule has 2 heteroatoms. The summed E-state index contributed by atoms with van der Waals surface area (Å²) in [4.78, 5) is 0. The quantitative estimate of drug-likeness (QED) is 0.465. The molecule has 0 aromatic heterocycles. The van der Waals surface area contributed by atoms with Crippen molar-refractivity contribution in [3.05, 3.63) is 34.9 Å². The summed E-state index contributed by atoms with van der Waals surface area (Å²) in [6.45, 7) is 6.27. The first-order valence-corrected chi connectivity index (χ1v) is 7.32. The average molecular weight is 220 g/mol. The monoisotopic (exact) mass is 218 g/mol. The molecule has 0 bridgehead atoms. The van der Waals surface area contributed by atoms with Gasteiger partial charge in [0.1, 0.15) is 0 Å². The van der Waals surface area contributed by atoms with Crippen molar-refractivity contribution in [1.29, 1.82) is 0 Å². The van der Waals surface area contributed by atoms with E-state index in [1.807, 2.05) is 6.07 Å². The van der Waals surface area contributed by atoms with E-state index in [1.165, 1.54) is 16.7 Å². The Bertz CT molecular complexity index is 221. The topological polar surface area (TPSA) is 0 Å². The molecule has 0 radical (unpaired) electrons. The van der Waals surface area contributed by atoms with Crippen molar-refractivity contribution in [3.8, 4) is 0 Å². The van der Waals surface area contributed by atoms with E-state index >= 15 is 0 Å². The number of hydrogen-bond donors (Lipinski definition) is 0. The van der Waals surface area contributed by atoms with Crippen LogP contribution in [0.15, 0.2) is 12.1 Å². The zero-order chi connectivity index (χ0) is 8.85. The molecule has 0 unspecified atom stereocenters. The van der Waals surface area contributed by atoms with Gasteiger partial charge < -0.3 is 0 Å². The van der Waals surface area contributed by atoms with Crippen LogP contribution in [0.1, 0.15) is 16.7 Å². The van der Waals surface area contributed by atoms with Crippen molar-refractivity contribution in [1.82, 2.24) is 0 Å². The Morgan fingerprint density at radius 1 is 1.27 bits per heavy atom. The first kappa shape index (κ1) is 11.1. The molecule has 0 aliphatic heterocycles. The molecular formula is C9H11ClZn. The molecule has 0 aliphatic rings. The van der Waals surface area contributed by atoms with Crippen molar-refractivity contribution in [2.45, 2.75) is 20.8 Å². The van der Waals surface area contributed by atoms with Crippen molar-refractivity contribution in [2.24, 2.45) is 0 Å². The van der Waals surface area contributed by atoms with Gasteiger partial charge in [-0.25, -0.2) is 0 Å². The first-order valence-electron chi connectivity index (χ1n) is 3.42. The molecule has 1 rings (SSSR count). The fourth-order valence-electron chi connectivity index (χ4n) is 0.827. The first-order chi connectivity index (χ1) is 5.20. The van der Waals surface area contributed by atoms with Crippen molar-refractivity contribution < 1.29 is 17.3 Å². The van der Waals surface area contributed by atoms with Crippen molar-refractivity contribution >= 4 is 9.69 Å². The molecule has 0 fully saturated rings. The Balaban J connectivity index is 0.000000461. The van der Waals surface area contributed by atoms with Gasteiger partial charge in [-0.15, -0.1) is 0 Å². The summed E-state index contributed by atoms with van der Waals surface area (Å²) in [6.07, 6.45) is 0. The number of aryl methyl sites for hydroxylation is 3. The Labute approximate surface area is 82.7 Å². The number of rotatable bonds is 0. The predicted molar refractivity (Wildman–Crippen MR) is 45.3 cm³/mol. The standard InChI is InChI=1S/C9H11.ClH.Zn/c1-7-4-5-8(2)9(3)6-7;;/h4,6H,1-3H3;1H;/q-1;;+2/p-1. The zero-order valence-electron chi connectivity index (χ0n) is 7.24. The summed E-state index contributed by atoms with van der Waals surface area (Å²) < 4.78 is 0. The number of hydrogen-bond acceptors (Lipinski definition) is 0. The molecule has 0 heterocycles. The SMILES string of the molecule is Cc1c[c-]c(C)c(C)c1.[Cl][Zn+]. The third-order valence-electron chi connectivity index (χ3n) is 1.55. The molecule has 1 aromatic rings. The van der Waals surface area contributed by atoms with Gasteiger partial charge in [0.05, 0.1) is 0 Å². The van der Waals surface area contributed by atoms with Crippen molar-refractivity contribution in [2.75, 3.05) is 0 Å². The van der Waals surface area contributed by atoms with Gasteiger partial charge in [-0.05, 0) is 0 Å². The van der Waals surface area contributed by atoms with Crippen LogP contribution in [0.3, 0.4) is 0 Å². The fourth-order valence-corrected chi connectivity index (χ4v) is 0.827. The van der Waals surface area contributed by atoms with E-state index < -0.39 is 0 Å². The molecule has 1 aromatic carbocycles. The van der Waals surface area contributed by atoms with Gasteiger partial charge in [0.15, 0.2) is 0 Å². The Hall–Kier alpha value is 0.133. The van der Waals surface area contributed by atoms with E-state index in [4.69, 9.17) is 9.69 Å². The van der Waals surface area contributed by atoms with E-state index in [0.717, 1.165) is 17.3 Å². The molecule has 0 aliphatic carbocycles. The van der Waals surface area contributed by atoms with E-state index in [1.54, 1.807) is 0 Å². The van der Waals surface area contributed by atoms with Gasteiger partial charge in [-0.2, -0.15) is 34.9 Å². The van der Waals surface area contributed by atoms with E-state index in [9.17, 15) is 0 Å². The molecule has 0 amide bonds. The van der Waals surface area contributed by atoms with Gasteiger partial charge in [0.2, 0.25) is 0 Å². The second kappa shape index (κ2) is 5.74. The normalized spacial score (nSPS) is 8.55. The second-order valence-electron chi connectivity index (χ2n) is 2.49. The predicted octanol–water partition coefficient (Wildman–Crippen LogP) is 3.10. The Morgan fingerprint density at radius 2 is 1.82 bits per heavy atom. The summed E-state index contributed by atoms with van der Waals surface area (Å²) in [6, 6.07) is 7.36. The molecule has 56 valence electrons. The molecule has 0 saturated carbocycles. The molecular weight excluding hydrogens is 209 g/mol. The summed E-state index contributed by atoms with van der Waals surface area (Å²) in [5, 5.41) is 0. The van der Waals surface area contributed by atoms with Crippen LogP contribution in [0.4, 0.5) is 0 Å². The van der Waals surface area contributed by atoms with Gasteiger partial charge in [-0.3, -0.25) is 0 Å². The average Bonchev–Trinajstić information content (AvgIpc) is 2.02. The summed E-state index contributed by atoms with van der Waals surface area (Å²) in [7, 11) is 4.76. The van der Waals surface area contributed by atoms with Gasteiger partial charge in [0.25, 0.3) is 0 Å². The van der Waals surface area contributed by atoms with Crippen LogP contribution in [0.25, 0.3) is 0 Å². The van der Waals surface area contributed by atoms with E-state index in [2.05, 4.69) is 32.9 Å². The third-order valence-corrected chi connectivity index (χ3v) is 1.55. The van der Waals surface area contributed by atoms with E-state index in [0.29, 0.717) is 0 Å². The van der Waals surface area contributed by atoms with Crippen LogP contribution in [-0.2, 0) is 17.3 Å². The molecule has 11 heavy (non-hydrogen) atoms. The summed E-state index contributed by atoms with van der Waals surface area (Å²) in [5.41, 5.74) is 3.87. The maximum atomic E-state index is 4.76. The molecule has 0 nitrogen and oxygen atoms in total. The second-order valence-corrected chi connectivity index (χ2v) is 2.49. The minimum atomic E-state index is 0.847. The zero-order valence-corrected chi connectivity index (χ0v) is 11.0. The molecule has 0 N–H and O–H groups in total. The van der Waals surface area contributed by atoms with Crippen LogP contribution in [-0.4, -0.2) is 0 Å². The molecule has 0 spiro atoms. The number of benzene rings is 1. The van der Waals surface area contributed by atoms with Crippen LogP contribution in [0, 0.1) is 26.8 Å². The minimum absolute atomic E-state index is 0.847. The number of halogens is 1.